The summed E-state index contributed by atoms with van der Waals surface area (Å²) in [4.78, 5) is 0. The Kier molecular flexibility index (Phi) is 7.50. The highest BCUT2D eigenvalue weighted by Crippen LogP contribution is 2.44. The Balaban J connectivity index is 1.10. The second kappa shape index (κ2) is 13.5. The van der Waals surface area contributed by atoms with E-state index in [0.717, 1.165) is 100 Å². The van der Waals surface area contributed by atoms with Crippen LogP contribution in [-0.4, -0.2) is 23.9 Å². The molecule has 0 atom stereocenters. The van der Waals surface area contributed by atoms with Crippen molar-refractivity contribution in [3.05, 3.63) is 212 Å². The van der Waals surface area contributed by atoms with Crippen molar-refractivity contribution in [3.8, 4) is 51.0 Å². The van der Waals surface area contributed by atoms with Crippen molar-refractivity contribution in [2.45, 2.75) is 0 Å². The molecule has 0 N–H and O–H groups in total. The van der Waals surface area contributed by atoms with Gasteiger partial charge in [0, 0.05) is 60.6 Å². The van der Waals surface area contributed by atoms with Crippen molar-refractivity contribution in [1.82, 2.24) is 23.9 Å². The normalized spacial score (nSPS) is 11.9. The first-order valence-corrected chi connectivity index (χ1v) is 20.9. The fourth-order valence-corrected chi connectivity index (χ4v) is 9.73. The van der Waals surface area contributed by atoms with E-state index < -0.39 is 0 Å². The molecule has 0 unspecified atom stereocenters. The lowest BCUT2D eigenvalue weighted by Gasteiger charge is -2.20. The first-order chi connectivity index (χ1) is 30.8. The van der Waals surface area contributed by atoms with E-state index in [1.165, 1.54) is 16.2 Å². The van der Waals surface area contributed by atoms with E-state index in [4.69, 9.17) is 14.6 Å². The fraction of sp³-hybridized carbons (Fsp3) is 0. The lowest BCUT2D eigenvalue weighted by atomic mass is 10.0. The smallest absolute Gasteiger partial charge is 0.168 e. The maximum atomic E-state index is 6.50. The molecule has 0 aliphatic heterocycles. The first kappa shape index (κ1) is 34.4. The molecule has 0 fully saturated rings. The van der Waals surface area contributed by atoms with Crippen LogP contribution in [0.15, 0.2) is 217 Å². The molecule has 0 saturated carbocycles. The third-order valence-electron chi connectivity index (χ3n) is 12.4. The van der Waals surface area contributed by atoms with Crippen molar-refractivity contribution >= 4 is 65.6 Å². The minimum atomic E-state index is 0.775. The number of para-hydroxylation sites is 6. The van der Waals surface area contributed by atoms with E-state index in [2.05, 4.69) is 202 Å². The highest BCUT2D eigenvalue weighted by molar-refractivity contribution is 6.18. The Morgan fingerprint density at radius 1 is 0.306 bits per heavy atom. The van der Waals surface area contributed by atoms with Crippen LogP contribution in [0.3, 0.4) is 0 Å². The number of fused-ring (bicyclic) bond motifs is 9. The molecule has 0 spiro atoms. The molecule has 0 aliphatic rings. The van der Waals surface area contributed by atoms with Crippen LogP contribution in [-0.2, 0) is 0 Å². The summed E-state index contributed by atoms with van der Waals surface area (Å²) in [5, 5.41) is 16.7. The topological polar surface area (TPSA) is 53.7 Å². The summed E-state index contributed by atoms with van der Waals surface area (Å²) in [6.07, 6.45) is 0. The second-order valence-corrected chi connectivity index (χ2v) is 15.8. The number of hydrogen-bond donors (Lipinski definition) is 0. The lowest BCUT2D eigenvalue weighted by Crippen LogP contribution is -2.05. The number of aromatic nitrogens is 5. The summed E-state index contributed by atoms with van der Waals surface area (Å²) in [5.41, 5.74) is 13.5. The van der Waals surface area contributed by atoms with Crippen LogP contribution in [0.4, 0.5) is 0 Å². The van der Waals surface area contributed by atoms with Crippen molar-refractivity contribution in [2.75, 3.05) is 0 Å². The van der Waals surface area contributed by atoms with Gasteiger partial charge in [-0.1, -0.05) is 164 Å². The van der Waals surface area contributed by atoms with Gasteiger partial charge in [-0.05, 0) is 42.5 Å². The van der Waals surface area contributed by atoms with Crippen molar-refractivity contribution in [2.24, 2.45) is 0 Å². The molecule has 4 aromatic heterocycles. The Hall–Kier alpha value is -8.48. The summed E-state index contributed by atoms with van der Waals surface area (Å²) in [5.74, 6) is 1.55. The largest absolute Gasteiger partial charge is 0.456 e. The van der Waals surface area contributed by atoms with Crippen LogP contribution in [0.2, 0.25) is 0 Å². The van der Waals surface area contributed by atoms with Crippen LogP contribution in [0, 0.1) is 0 Å². The summed E-state index contributed by atoms with van der Waals surface area (Å²) in [7, 11) is 0. The van der Waals surface area contributed by atoms with E-state index in [-0.39, 0.29) is 0 Å². The summed E-state index contributed by atoms with van der Waals surface area (Å²) in [6.45, 7) is 0. The average molecular weight is 794 g/mol. The van der Waals surface area contributed by atoms with Crippen LogP contribution < -0.4 is 0 Å². The molecular weight excluding hydrogens is 759 g/mol. The summed E-state index contributed by atoms with van der Waals surface area (Å²) >= 11 is 0. The quantitative estimate of drug-likeness (QED) is 0.168. The molecule has 6 nitrogen and oxygen atoms in total. The zero-order valence-corrected chi connectivity index (χ0v) is 33.4. The fourth-order valence-electron chi connectivity index (χ4n) is 9.73. The molecule has 0 bridgehead atoms. The molecule has 13 aromatic rings. The van der Waals surface area contributed by atoms with Gasteiger partial charge >= 0.3 is 0 Å². The molecule has 9 aromatic carbocycles. The van der Waals surface area contributed by atoms with Gasteiger partial charge in [-0.25, -0.2) is 0 Å². The number of furan rings is 1. The number of nitrogens with zero attached hydrogens (tertiary/aromatic N) is 5. The van der Waals surface area contributed by atoms with E-state index in [1.54, 1.807) is 0 Å². The lowest BCUT2D eigenvalue weighted by molar-refractivity contribution is 0.669. The number of rotatable bonds is 6. The van der Waals surface area contributed by atoms with Crippen LogP contribution >= 0.6 is 0 Å². The second-order valence-electron chi connectivity index (χ2n) is 15.8. The van der Waals surface area contributed by atoms with Crippen molar-refractivity contribution in [3.63, 3.8) is 0 Å². The van der Waals surface area contributed by atoms with Crippen LogP contribution in [0.5, 0.6) is 0 Å². The minimum Gasteiger partial charge on any atom is -0.456 e. The van der Waals surface area contributed by atoms with Gasteiger partial charge in [0.25, 0.3) is 0 Å². The molecule has 0 aliphatic carbocycles. The van der Waals surface area contributed by atoms with Gasteiger partial charge in [0.1, 0.15) is 11.2 Å². The Labute approximate surface area is 355 Å². The number of benzene rings is 9. The van der Waals surface area contributed by atoms with Gasteiger partial charge in [-0.15, -0.1) is 10.2 Å². The maximum Gasteiger partial charge on any atom is 0.168 e. The predicted molar refractivity (Wildman–Crippen MR) is 254 cm³/mol. The molecular formula is C56H35N5O. The van der Waals surface area contributed by atoms with Crippen LogP contribution in [0.25, 0.3) is 117 Å². The third-order valence-corrected chi connectivity index (χ3v) is 12.4. The molecule has 6 heteroatoms. The highest BCUT2D eigenvalue weighted by Gasteiger charge is 2.25. The highest BCUT2D eigenvalue weighted by atomic mass is 16.3. The van der Waals surface area contributed by atoms with Gasteiger partial charge in [0.05, 0.1) is 39.1 Å². The van der Waals surface area contributed by atoms with Crippen molar-refractivity contribution in [1.29, 1.82) is 0 Å². The SMILES string of the molecule is c1ccc(-c2nnc(-c3ccccc3)n2-c2cccc3c4ccccc4n(-c4ccccc4-c4ccccc4-n4c5ccccc5c5cc6c(cc54)oc4ccccc46)c23)cc1. The van der Waals surface area contributed by atoms with Gasteiger partial charge in [-0.2, -0.15) is 0 Å². The Morgan fingerprint density at radius 3 is 1.48 bits per heavy atom. The van der Waals surface area contributed by atoms with Crippen LogP contribution in [0.1, 0.15) is 0 Å². The molecule has 13 rings (SSSR count). The Bertz CT molecular complexity index is 3810. The zero-order valence-electron chi connectivity index (χ0n) is 33.4. The van der Waals surface area contributed by atoms with Gasteiger partial charge in [-0.3, -0.25) is 4.57 Å². The van der Waals surface area contributed by atoms with Gasteiger partial charge in [0.15, 0.2) is 11.6 Å². The molecule has 290 valence electrons. The first-order valence-electron chi connectivity index (χ1n) is 20.9. The van der Waals surface area contributed by atoms with Gasteiger partial charge in [0.2, 0.25) is 0 Å². The zero-order chi connectivity index (χ0) is 40.7. The maximum absolute atomic E-state index is 6.50. The third kappa shape index (κ3) is 5.04. The van der Waals surface area contributed by atoms with Gasteiger partial charge < -0.3 is 13.6 Å². The predicted octanol–water partition coefficient (Wildman–Crippen LogP) is 14.4. The Morgan fingerprint density at radius 2 is 0.806 bits per heavy atom. The molecule has 0 radical (unpaired) electrons. The monoisotopic (exact) mass is 793 g/mol. The van der Waals surface area contributed by atoms with E-state index in [9.17, 15) is 0 Å². The molecule has 0 amide bonds. The molecule has 0 saturated heterocycles. The number of hydrogen-bond acceptors (Lipinski definition) is 3. The minimum absolute atomic E-state index is 0.775. The van der Waals surface area contributed by atoms with Crippen molar-refractivity contribution < 1.29 is 4.42 Å². The van der Waals surface area contributed by atoms with E-state index in [0.29, 0.717) is 0 Å². The summed E-state index contributed by atoms with van der Waals surface area (Å²) in [6, 6.07) is 75.2. The van der Waals surface area contributed by atoms with E-state index >= 15 is 0 Å². The summed E-state index contributed by atoms with van der Waals surface area (Å²) < 4.78 is 13.6. The van der Waals surface area contributed by atoms with E-state index in [1.807, 2.05) is 24.3 Å². The molecule has 4 heterocycles. The average Bonchev–Trinajstić information content (AvgIpc) is 4.11. The molecule has 62 heavy (non-hydrogen) atoms. The standard InChI is InChI=1S/C56H35N5O/c1-3-18-36(19-4-1)55-57-58-56(37-20-5-2-6-21-37)61(55)50-32-17-27-43-40-24-9-15-31-49(40)60(54(43)50)48-30-14-8-23-39(48)38-22-7-12-28-46(38)59-47-29-13-10-25-41(47)44-34-45-42-26-11-16-33-52(42)62-53(45)35-51(44)59/h1-35H.